The zero-order valence-corrected chi connectivity index (χ0v) is 21.3. The third-order valence-electron chi connectivity index (χ3n) is 8.94. The number of benzene rings is 1. The van der Waals surface area contributed by atoms with E-state index in [1.807, 2.05) is 6.07 Å². The molecule has 188 valence electrons. The molecule has 5 fully saturated rings. The lowest BCUT2D eigenvalue weighted by Gasteiger charge is -2.59. The van der Waals surface area contributed by atoms with E-state index in [0.29, 0.717) is 31.9 Å². The molecule has 4 saturated carbocycles. The van der Waals surface area contributed by atoms with Crippen LogP contribution >= 0.6 is 0 Å². The maximum absolute atomic E-state index is 12.4. The normalized spacial score (nSPS) is 32.2. The summed E-state index contributed by atoms with van der Waals surface area (Å²) in [4.78, 5) is 13.6. The maximum Gasteiger partial charge on any atom is 0.292 e. The van der Waals surface area contributed by atoms with Crippen LogP contribution in [0.15, 0.2) is 18.2 Å². The van der Waals surface area contributed by atoms with Crippen molar-refractivity contribution < 1.29 is 13.3 Å². The summed E-state index contributed by atoms with van der Waals surface area (Å²) in [6.45, 7) is 4.10. The van der Waals surface area contributed by atoms with Gasteiger partial charge in [0, 0.05) is 58.1 Å². The van der Waals surface area contributed by atoms with Gasteiger partial charge in [-0.1, -0.05) is 0 Å². The lowest BCUT2D eigenvalue weighted by Crippen LogP contribution is -2.53. The highest BCUT2D eigenvalue weighted by Crippen LogP contribution is 2.61. The molecule has 10 heteroatoms. The second-order valence-electron chi connectivity index (χ2n) is 11.3. The molecule has 1 saturated heterocycles. The largest absolute Gasteiger partial charge is 0.376 e. The van der Waals surface area contributed by atoms with Crippen LogP contribution in [0.5, 0.6) is 0 Å². The fourth-order valence-electron chi connectivity index (χ4n) is 7.50. The molecule has 0 amide bonds. The van der Waals surface area contributed by atoms with E-state index in [1.54, 1.807) is 26.2 Å². The van der Waals surface area contributed by atoms with E-state index in [9.17, 15) is 18.5 Å². The van der Waals surface area contributed by atoms with Crippen molar-refractivity contribution in [2.75, 3.05) is 50.5 Å². The van der Waals surface area contributed by atoms with Crippen molar-refractivity contribution in [3.05, 3.63) is 28.3 Å². The van der Waals surface area contributed by atoms with E-state index in [2.05, 4.69) is 17.1 Å². The van der Waals surface area contributed by atoms with E-state index in [4.69, 9.17) is 0 Å². The smallest absolute Gasteiger partial charge is 0.292 e. The van der Waals surface area contributed by atoms with E-state index in [-0.39, 0.29) is 22.1 Å². The molecule has 1 aromatic carbocycles. The number of nitrogens with zero attached hydrogens (tertiary/aromatic N) is 4. The molecule has 0 radical (unpaired) electrons. The second-order valence-corrected chi connectivity index (χ2v) is 13.4. The number of nitrogens with one attached hydrogen (secondary N) is 1. The summed E-state index contributed by atoms with van der Waals surface area (Å²) in [6, 6.07) is 5.45. The summed E-state index contributed by atoms with van der Waals surface area (Å²) in [5, 5.41) is 15.4. The Kier molecular flexibility index (Phi) is 6.05. The van der Waals surface area contributed by atoms with Crippen LogP contribution in [0.1, 0.15) is 45.4 Å². The summed E-state index contributed by atoms with van der Waals surface area (Å²) in [6.07, 6.45) is 7.83. The van der Waals surface area contributed by atoms with Crippen LogP contribution in [0.25, 0.3) is 0 Å². The predicted molar refractivity (Wildman–Crippen MR) is 133 cm³/mol. The summed E-state index contributed by atoms with van der Waals surface area (Å²) >= 11 is 0. The molecule has 0 unspecified atom stereocenters. The SMILES string of the molecule is C[C@@H](Nc1cc(N2CCN(S(=O)(=O)N(C)C)CC2)ccc1[N+](=O)[O-])C12CC3CC(CC(C3)C1)C2. The Bertz CT molecular complexity index is 1020. The number of hydrogen-bond acceptors (Lipinski definition) is 6. The monoisotopic (exact) mass is 491 g/mol. The average Bonchev–Trinajstić information content (AvgIpc) is 2.78. The summed E-state index contributed by atoms with van der Waals surface area (Å²) in [7, 11) is -0.346. The highest BCUT2D eigenvalue weighted by atomic mass is 32.2. The third-order valence-corrected chi connectivity index (χ3v) is 10.9. The fourth-order valence-corrected chi connectivity index (χ4v) is 8.58. The number of hydrogen-bond donors (Lipinski definition) is 1. The molecule has 1 aromatic rings. The molecular formula is C24H37N5O4S. The molecule has 1 atom stereocenters. The van der Waals surface area contributed by atoms with Crippen LogP contribution in [0.2, 0.25) is 0 Å². The fraction of sp³-hybridized carbons (Fsp3) is 0.750. The van der Waals surface area contributed by atoms with Gasteiger partial charge in [-0.05, 0) is 80.8 Å². The second kappa shape index (κ2) is 8.64. The van der Waals surface area contributed by atoms with Crippen LogP contribution in [0, 0.1) is 33.3 Å². The molecule has 6 rings (SSSR count). The molecular weight excluding hydrogens is 454 g/mol. The number of nitro groups is 1. The topological polar surface area (TPSA) is 99.0 Å². The number of rotatable bonds is 7. The zero-order valence-electron chi connectivity index (χ0n) is 20.4. The molecule has 0 spiro atoms. The average molecular weight is 492 g/mol. The first-order chi connectivity index (χ1) is 16.1. The lowest BCUT2D eigenvalue weighted by molar-refractivity contribution is -0.384. The van der Waals surface area contributed by atoms with Crippen molar-refractivity contribution in [2.45, 2.75) is 51.5 Å². The van der Waals surface area contributed by atoms with Crippen LogP contribution < -0.4 is 10.2 Å². The lowest BCUT2D eigenvalue weighted by atomic mass is 9.48. The Balaban J connectivity index is 1.34. The quantitative estimate of drug-likeness (QED) is 0.463. The molecule has 1 heterocycles. The Labute approximate surface area is 202 Å². The van der Waals surface area contributed by atoms with Crippen molar-refractivity contribution >= 4 is 27.3 Å². The van der Waals surface area contributed by atoms with E-state index < -0.39 is 10.2 Å². The minimum Gasteiger partial charge on any atom is -0.376 e. The van der Waals surface area contributed by atoms with Gasteiger partial charge in [0.25, 0.3) is 15.9 Å². The molecule has 5 aliphatic rings. The third kappa shape index (κ3) is 4.18. The first-order valence-corrected chi connectivity index (χ1v) is 13.9. The summed E-state index contributed by atoms with van der Waals surface area (Å²) in [5.41, 5.74) is 1.82. The molecule has 4 aliphatic carbocycles. The Morgan fingerprint density at radius 1 is 1.06 bits per heavy atom. The van der Waals surface area contributed by atoms with Gasteiger partial charge in [-0.3, -0.25) is 10.1 Å². The van der Waals surface area contributed by atoms with Crippen LogP contribution in [0.3, 0.4) is 0 Å². The van der Waals surface area contributed by atoms with Crippen molar-refractivity contribution in [2.24, 2.45) is 23.2 Å². The van der Waals surface area contributed by atoms with Crippen LogP contribution in [-0.4, -0.2) is 68.3 Å². The Morgan fingerprint density at radius 3 is 2.12 bits per heavy atom. The minimum atomic E-state index is -3.43. The van der Waals surface area contributed by atoms with E-state index in [1.165, 1.54) is 47.1 Å². The van der Waals surface area contributed by atoms with Crippen molar-refractivity contribution in [1.82, 2.24) is 8.61 Å². The molecule has 1 N–H and O–H groups in total. The van der Waals surface area contributed by atoms with Gasteiger partial charge in [-0.2, -0.15) is 17.0 Å². The predicted octanol–water partition coefficient (Wildman–Crippen LogP) is 3.54. The highest BCUT2D eigenvalue weighted by molar-refractivity contribution is 7.86. The van der Waals surface area contributed by atoms with Gasteiger partial charge >= 0.3 is 0 Å². The van der Waals surface area contributed by atoms with Gasteiger partial charge in [0.05, 0.1) is 4.92 Å². The Hall–Kier alpha value is -1.91. The first-order valence-electron chi connectivity index (χ1n) is 12.5. The van der Waals surface area contributed by atoms with E-state index in [0.717, 1.165) is 23.4 Å². The molecule has 1 aliphatic heterocycles. The Morgan fingerprint density at radius 2 is 1.62 bits per heavy atom. The number of piperazine rings is 1. The number of nitro benzene ring substituents is 1. The molecule has 4 bridgehead atoms. The van der Waals surface area contributed by atoms with Crippen LogP contribution in [-0.2, 0) is 10.2 Å². The van der Waals surface area contributed by atoms with Gasteiger partial charge in [0.15, 0.2) is 0 Å². The van der Waals surface area contributed by atoms with Gasteiger partial charge < -0.3 is 10.2 Å². The van der Waals surface area contributed by atoms with Gasteiger partial charge in [-0.25, -0.2) is 0 Å². The highest BCUT2D eigenvalue weighted by Gasteiger charge is 2.53. The van der Waals surface area contributed by atoms with Crippen LogP contribution in [0.4, 0.5) is 17.1 Å². The van der Waals surface area contributed by atoms with Gasteiger partial charge in [0.1, 0.15) is 5.69 Å². The summed E-state index contributed by atoms with van der Waals surface area (Å²) in [5.74, 6) is 2.48. The molecule has 0 aromatic heterocycles. The standard InChI is InChI=1S/C24H37N5O4S/c1-17(24-14-18-10-19(15-24)12-20(11-18)16-24)25-22-13-21(4-5-23(22)29(30)31)27-6-8-28(9-7-27)34(32,33)26(2)3/h4-5,13,17-20,25H,6-12,14-16H2,1-3H3/t17-,18?,19?,20?,24?/m1/s1. The number of anilines is 2. The van der Waals surface area contributed by atoms with Crippen molar-refractivity contribution in [3.8, 4) is 0 Å². The maximum atomic E-state index is 12.4. The zero-order chi connectivity index (χ0) is 24.3. The van der Waals surface area contributed by atoms with Crippen molar-refractivity contribution in [1.29, 1.82) is 0 Å². The van der Waals surface area contributed by atoms with E-state index >= 15 is 0 Å². The van der Waals surface area contributed by atoms with Gasteiger partial charge in [-0.15, -0.1) is 0 Å². The molecule has 9 nitrogen and oxygen atoms in total. The van der Waals surface area contributed by atoms with Gasteiger partial charge in [0.2, 0.25) is 0 Å². The molecule has 34 heavy (non-hydrogen) atoms. The van der Waals surface area contributed by atoms with Crippen molar-refractivity contribution in [3.63, 3.8) is 0 Å². The minimum absolute atomic E-state index is 0.106. The summed E-state index contributed by atoms with van der Waals surface area (Å²) < 4.78 is 27.6. The first kappa shape index (κ1) is 23.8.